The predicted octanol–water partition coefficient (Wildman–Crippen LogP) is 0.592. The largest absolute Gasteiger partial charge is 0.378 e. The van der Waals surface area contributed by atoms with E-state index < -0.39 is 0 Å². The molecule has 94 valence electrons. The van der Waals surface area contributed by atoms with Gasteiger partial charge in [0.05, 0.1) is 6.10 Å². The zero-order valence-electron chi connectivity index (χ0n) is 10.00. The maximum atomic E-state index is 10.8. The third-order valence-corrected chi connectivity index (χ3v) is 2.91. The van der Waals surface area contributed by atoms with Crippen LogP contribution in [0.5, 0.6) is 0 Å². The van der Waals surface area contributed by atoms with Crippen LogP contribution in [0.3, 0.4) is 0 Å². The van der Waals surface area contributed by atoms with E-state index in [1.54, 1.807) is 7.05 Å². The monoisotopic (exact) mass is 229 g/mol. The van der Waals surface area contributed by atoms with Crippen molar-refractivity contribution >= 4 is 6.03 Å². The highest BCUT2D eigenvalue weighted by atomic mass is 16.5. The van der Waals surface area contributed by atoms with Crippen molar-refractivity contribution in [2.75, 3.05) is 20.2 Å². The second-order valence-electron chi connectivity index (χ2n) is 4.27. The van der Waals surface area contributed by atoms with Crippen molar-refractivity contribution in [2.45, 2.75) is 44.2 Å². The minimum atomic E-state index is -0.136. The molecule has 0 aliphatic heterocycles. The van der Waals surface area contributed by atoms with E-state index in [0.29, 0.717) is 25.3 Å². The SMILES string of the molecule is CNC(=O)NCCCOC1CCC(N)CC1. The number of hydrogen-bond acceptors (Lipinski definition) is 3. The van der Waals surface area contributed by atoms with E-state index in [4.69, 9.17) is 10.5 Å². The molecule has 1 aliphatic carbocycles. The van der Waals surface area contributed by atoms with Crippen LogP contribution in [0.25, 0.3) is 0 Å². The number of ether oxygens (including phenoxy) is 1. The Labute approximate surface area is 97.1 Å². The normalized spacial score (nSPS) is 25.1. The van der Waals surface area contributed by atoms with Gasteiger partial charge in [-0.05, 0) is 32.1 Å². The Morgan fingerprint density at radius 2 is 2.06 bits per heavy atom. The Kier molecular flexibility index (Phi) is 6.18. The summed E-state index contributed by atoms with van der Waals surface area (Å²) in [6.07, 6.45) is 5.52. The average molecular weight is 229 g/mol. The van der Waals surface area contributed by atoms with Crippen LogP contribution in [0.4, 0.5) is 4.79 Å². The summed E-state index contributed by atoms with van der Waals surface area (Å²) in [7, 11) is 1.61. The molecule has 1 rings (SSSR count). The fourth-order valence-electron chi connectivity index (χ4n) is 1.87. The van der Waals surface area contributed by atoms with Gasteiger partial charge in [0.25, 0.3) is 0 Å². The van der Waals surface area contributed by atoms with Crippen LogP contribution in [0.1, 0.15) is 32.1 Å². The van der Waals surface area contributed by atoms with Crippen LogP contribution in [0, 0.1) is 0 Å². The lowest BCUT2D eigenvalue weighted by Crippen LogP contribution is -2.34. The highest BCUT2D eigenvalue weighted by molar-refractivity contribution is 5.73. The van der Waals surface area contributed by atoms with Gasteiger partial charge in [0.2, 0.25) is 0 Å². The first kappa shape index (κ1) is 13.3. The van der Waals surface area contributed by atoms with E-state index >= 15 is 0 Å². The van der Waals surface area contributed by atoms with Crippen LogP contribution in [0.15, 0.2) is 0 Å². The summed E-state index contributed by atoms with van der Waals surface area (Å²) in [4.78, 5) is 10.8. The van der Waals surface area contributed by atoms with E-state index in [2.05, 4.69) is 10.6 Å². The molecule has 4 N–H and O–H groups in total. The van der Waals surface area contributed by atoms with Gasteiger partial charge in [0, 0.05) is 26.2 Å². The second-order valence-corrected chi connectivity index (χ2v) is 4.27. The Morgan fingerprint density at radius 1 is 1.38 bits per heavy atom. The third kappa shape index (κ3) is 5.32. The quantitative estimate of drug-likeness (QED) is 0.604. The van der Waals surface area contributed by atoms with E-state index in [1.807, 2.05) is 0 Å². The lowest BCUT2D eigenvalue weighted by Gasteiger charge is -2.26. The minimum absolute atomic E-state index is 0.136. The maximum Gasteiger partial charge on any atom is 0.314 e. The molecule has 5 heteroatoms. The van der Waals surface area contributed by atoms with Crippen LogP contribution < -0.4 is 16.4 Å². The van der Waals surface area contributed by atoms with Crippen molar-refractivity contribution < 1.29 is 9.53 Å². The average Bonchev–Trinajstić information content (AvgIpc) is 2.31. The molecule has 1 fully saturated rings. The van der Waals surface area contributed by atoms with Gasteiger partial charge >= 0.3 is 6.03 Å². The van der Waals surface area contributed by atoms with E-state index in [0.717, 1.165) is 32.1 Å². The van der Waals surface area contributed by atoms with Crippen LogP contribution in [-0.2, 0) is 4.74 Å². The van der Waals surface area contributed by atoms with Crippen LogP contribution in [0.2, 0.25) is 0 Å². The molecule has 0 unspecified atom stereocenters. The summed E-state index contributed by atoms with van der Waals surface area (Å²) in [5.41, 5.74) is 5.81. The Balaban J connectivity index is 1.93. The molecule has 0 atom stereocenters. The molecule has 0 aromatic carbocycles. The molecule has 0 spiro atoms. The minimum Gasteiger partial charge on any atom is -0.378 e. The fourth-order valence-corrected chi connectivity index (χ4v) is 1.87. The van der Waals surface area contributed by atoms with Gasteiger partial charge in [-0.1, -0.05) is 0 Å². The van der Waals surface area contributed by atoms with Crippen molar-refractivity contribution in [2.24, 2.45) is 5.73 Å². The van der Waals surface area contributed by atoms with Crippen LogP contribution in [-0.4, -0.2) is 38.4 Å². The van der Waals surface area contributed by atoms with Gasteiger partial charge in [-0.25, -0.2) is 4.79 Å². The molecule has 0 aromatic heterocycles. The van der Waals surface area contributed by atoms with Gasteiger partial charge in [-0.2, -0.15) is 0 Å². The molecule has 1 aliphatic rings. The lowest BCUT2D eigenvalue weighted by atomic mass is 9.94. The number of rotatable bonds is 5. The smallest absolute Gasteiger partial charge is 0.314 e. The first-order valence-corrected chi connectivity index (χ1v) is 6.05. The second kappa shape index (κ2) is 7.46. The van der Waals surface area contributed by atoms with Crippen molar-refractivity contribution in [3.8, 4) is 0 Å². The Hall–Kier alpha value is -0.810. The zero-order valence-corrected chi connectivity index (χ0v) is 10.00. The lowest BCUT2D eigenvalue weighted by molar-refractivity contribution is 0.0243. The third-order valence-electron chi connectivity index (χ3n) is 2.91. The molecule has 0 bridgehead atoms. The number of urea groups is 1. The predicted molar refractivity (Wildman–Crippen MR) is 63.3 cm³/mol. The summed E-state index contributed by atoms with van der Waals surface area (Å²) in [5, 5.41) is 5.23. The van der Waals surface area contributed by atoms with Gasteiger partial charge in [0.1, 0.15) is 0 Å². The highest BCUT2D eigenvalue weighted by Gasteiger charge is 2.18. The molecule has 2 amide bonds. The number of nitrogens with one attached hydrogen (secondary N) is 2. The number of nitrogens with two attached hydrogens (primary N) is 1. The molecular weight excluding hydrogens is 206 g/mol. The van der Waals surface area contributed by atoms with Gasteiger partial charge < -0.3 is 21.1 Å². The summed E-state index contributed by atoms with van der Waals surface area (Å²) in [6, 6.07) is 0.235. The maximum absolute atomic E-state index is 10.8. The topological polar surface area (TPSA) is 76.4 Å². The van der Waals surface area contributed by atoms with Crippen molar-refractivity contribution in [3.05, 3.63) is 0 Å². The first-order chi connectivity index (χ1) is 7.72. The standard InChI is InChI=1S/C11H23N3O2/c1-13-11(15)14-7-2-8-16-10-5-3-9(12)4-6-10/h9-10H,2-8,12H2,1H3,(H2,13,14,15). The first-order valence-electron chi connectivity index (χ1n) is 6.05. The molecule has 1 saturated carbocycles. The summed E-state index contributed by atoms with van der Waals surface area (Å²) in [6.45, 7) is 1.37. The summed E-state index contributed by atoms with van der Waals surface area (Å²) >= 11 is 0. The molecule has 16 heavy (non-hydrogen) atoms. The molecule has 5 nitrogen and oxygen atoms in total. The van der Waals surface area contributed by atoms with Crippen molar-refractivity contribution in [1.82, 2.24) is 10.6 Å². The van der Waals surface area contributed by atoms with E-state index in [-0.39, 0.29) is 6.03 Å². The number of carbonyl (C=O) groups is 1. The van der Waals surface area contributed by atoms with Gasteiger partial charge in [-0.3, -0.25) is 0 Å². The van der Waals surface area contributed by atoms with Crippen LogP contribution >= 0.6 is 0 Å². The van der Waals surface area contributed by atoms with E-state index in [1.165, 1.54) is 0 Å². The van der Waals surface area contributed by atoms with Crippen molar-refractivity contribution in [1.29, 1.82) is 0 Å². The fraction of sp³-hybridized carbons (Fsp3) is 0.909. The molecular formula is C11H23N3O2. The highest BCUT2D eigenvalue weighted by Crippen LogP contribution is 2.19. The van der Waals surface area contributed by atoms with Gasteiger partial charge in [-0.15, -0.1) is 0 Å². The summed E-state index contributed by atoms with van der Waals surface area (Å²) in [5.74, 6) is 0. The van der Waals surface area contributed by atoms with Crippen molar-refractivity contribution in [3.63, 3.8) is 0 Å². The summed E-state index contributed by atoms with van der Waals surface area (Å²) < 4.78 is 5.72. The molecule has 0 heterocycles. The zero-order chi connectivity index (χ0) is 11.8. The molecule has 0 saturated heterocycles. The number of carbonyl (C=O) groups excluding carboxylic acids is 1. The molecule has 0 radical (unpaired) electrons. The molecule has 0 aromatic rings. The number of amides is 2. The van der Waals surface area contributed by atoms with Gasteiger partial charge in [0.15, 0.2) is 0 Å². The Bertz CT molecular complexity index is 203. The van der Waals surface area contributed by atoms with E-state index in [9.17, 15) is 4.79 Å². The Morgan fingerprint density at radius 3 is 2.69 bits per heavy atom. The number of hydrogen-bond donors (Lipinski definition) is 3.